The third-order valence-electron chi connectivity index (χ3n) is 3.44. The molecule has 0 unspecified atom stereocenters. The number of nitrogens with zero attached hydrogens (tertiary/aromatic N) is 1. The Bertz CT molecular complexity index is 819. The van der Waals surface area contributed by atoms with E-state index in [0.29, 0.717) is 10.0 Å². The highest BCUT2D eigenvalue weighted by Gasteiger charge is 2.31. The monoisotopic (exact) mass is 363 g/mol. The summed E-state index contributed by atoms with van der Waals surface area (Å²) in [6, 6.07) is 14.8. The van der Waals surface area contributed by atoms with E-state index in [4.69, 9.17) is 23.2 Å². The van der Waals surface area contributed by atoms with Gasteiger partial charge in [0.25, 0.3) is 5.70 Å². The molecule has 6 heteroatoms. The summed E-state index contributed by atoms with van der Waals surface area (Å²) in [5, 5.41) is 11.9. The predicted octanol–water partition coefficient (Wildman–Crippen LogP) is 5.98. The van der Waals surface area contributed by atoms with E-state index in [1.807, 2.05) is 36.4 Å². The highest BCUT2D eigenvalue weighted by atomic mass is 35.5. The Morgan fingerprint density at radius 1 is 1.00 bits per heavy atom. The van der Waals surface area contributed by atoms with Crippen LogP contribution in [0, 0.1) is 10.1 Å². The maximum absolute atomic E-state index is 11.3. The number of hydrogen-bond acceptors (Lipinski definition) is 3. The highest BCUT2D eigenvalue weighted by Crippen LogP contribution is 2.47. The van der Waals surface area contributed by atoms with Gasteiger partial charge in [0.15, 0.2) is 0 Å². The maximum Gasteiger partial charge on any atom is 0.263 e. The van der Waals surface area contributed by atoms with Crippen LogP contribution >= 0.6 is 35.0 Å². The number of hydrogen-bond donors (Lipinski definition) is 0. The first-order valence-electron chi connectivity index (χ1n) is 6.79. The van der Waals surface area contributed by atoms with E-state index < -0.39 is 0 Å². The van der Waals surface area contributed by atoms with Crippen LogP contribution in [-0.4, -0.2) is 4.92 Å². The van der Waals surface area contributed by atoms with Crippen molar-refractivity contribution in [1.29, 1.82) is 0 Å². The molecule has 0 spiro atoms. The fourth-order valence-corrected chi connectivity index (χ4v) is 3.85. The minimum atomic E-state index is -0.361. The van der Waals surface area contributed by atoms with Gasteiger partial charge in [-0.1, -0.05) is 59.6 Å². The molecule has 23 heavy (non-hydrogen) atoms. The molecule has 3 rings (SSSR count). The average Bonchev–Trinajstić information content (AvgIpc) is 2.57. The second-order valence-electron chi connectivity index (χ2n) is 4.92. The fourth-order valence-electron chi connectivity index (χ4n) is 2.31. The van der Waals surface area contributed by atoms with E-state index in [-0.39, 0.29) is 15.9 Å². The molecule has 0 bridgehead atoms. The summed E-state index contributed by atoms with van der Waals surface area (Å²) < 4.78 is 0. The Hall–Kier alpha value is -1.75. The largest absolute Gasteiger partial charge is 0.263 e. The number of benzene rings is 2. The summed E-state index contributed by atoms with van der Waals surface area (Å²) in [7, 11) is 0. The van der Waals surface area contributed by atoms with E-state index in [1.54, 1.807) is 24.3 Å². The molecule has 2 aromatic carbocycles. The zero-order chi connectivity index (χ0) is 16.4. The van der Waals surface area contributed by atoms with Crippen LogP contribution in [0.1, 0.15) is 16.4 Å². The summed E-state index contributed by atoms with van der Waals surface area (Å²) in [5.74, 6) is 0. The Balaban J connectivity index is 2.01. The van der Waals surface area contributed by atoms with Crippen molar-refractivity contribution in [2.24, 2.45) is 0 Å². The molecule has 0 aliphatic carbocycles. The molecule has 3 nitrogen and oxygen atoms in total. The van der Waals surface area contributed by atoms with Crippen molar-refractivity contribution < 1.29 is 4.92 Å². The molecule has 1 aliphatic heterocycles. The van der Waals surface area contributed by atoms with Gasteiger partial charge in [-0.05, 0) is 29.3 Å². The minimum Gasteiger partial charge on any atom is -0.259 e. The zero-order valence-electron chi connectivity index (χ0n) is 11.8. The molecule has 2 aromatic rings. The molecular weight excluding hydrogens is 353 g/mol. The quantitative estimate of drug-likeness (QED) is 0.497. The van der Waals surface area contributed by atoms with Gasteiger partial charge in [-0.15, -0.1) is 11.8 Å². The summed E-state index contributed by atoms with van der Waals surface area (Å²) in [4.78, 5) is 11.9. The Morgan fingerprint density at radius 3 is 2.39 bits per heavy atom. The molecule has 0 N–H and O–H groups in total. The summed E-state index contributed by atoms with van der Waals surface area (Å²) in [6.45, 7) is 0. The van der Waals surface area contributed by atoms with Crippen molar-refractivity contribution in [2.75, 3.05) is 0 Å². The number of allylic oxidation sites excluding steroid dienone is 2. The average molecular weight is 364 g/mol. The summed E-state index contributed by atoms with van der Waals surface area (Å²) in [5.41, 5.74) is 1.96. The first-order chi connectivity index (χ1) is 11.1. The normalized spacial score (nSPS) is 17.4. The zero-order valence-corrected chi connectivity index (χ0v) is 14.1. The van der Waals surface area contributed by atoms with Crippen LogP contribution in [0.15, 0.2) is 66.4 Å². The van der Waals surface area contributed by atoms with Crippen molar-refractivity contribution in [3.63, 3.8) is 0 Å². The van der Waals surface area contributed by atoms with E-state index in [9.17, 15) is 10.1 Å². The maximum atomic E-state index is 11.3. The van der Waals surface area contributed by atoms with Crippen LogP contribution < -0.4 is 0 Å². The van der Waals surface area contributed by atoms with Gasteiger partial charge in [-0.2, -0.15) is 0 Å². The van der Waals surface area contributed by atoms with Crippen molar-refractivity contribution in [3.8, 4) is 0 Å². The number of halogens is 2. The van der Waals surface area contributed by atoms with Crippen molar-refractivity contribution >= 4 is 39.9 Å². The van der Waals surface area contributed by atoms with Crippen LogP contribution in [0.25, 0.3) is 4.91 Å². The lowest BCUT2D eigenvalue weighted by atomic mass is 10.1. The van der Waals surface area contributed by atoms with Crippen molar-refractivity contribution in [3.05, 3.63) is 97.7 Å². The smallest absolute Gasteiger partial charge is 0.259 e. The van der Waals surface area contributed by atoms with Crippen LogP contribution in [0.5, 0.6) is 0 Å². The Labute approximate surface area is 147 Å². The molecular formula is C17H11Cl2NO2S. The lowest BCUT2D eigenvalue weighted by Crippen LogP contribution is -2.10. The van der Waals surface area contributed by atoms with Crippen LogP contribution in [0.3, 0.4) is 0 Å². The summed E-state index contributed by atoms with van der Waals surface area (Å²) in [6.07, 6.45) is 3.31. The molecule has 1 atom stereocenters. The summed E-state index contributed by atoms with van der Waals surface area (Å²) >= 11 is 13.5. The van der Waals surface area contributed by atoms with Gasteiger partial charge in [0.05, 0.1) is 15.0 Å². The minimum absolute atomic E-state index is 0.171. The molecule has 0 fully saturated rings. The van der Waals surface area contributed by atoms with E-state index in [0.717, 1.165) is 16.0 Å². The lowest BCUT2D eigenvalue weighted by molar-refractivity contribution is -0.427. The van der Waals surface area contributed by atoms with Crippen molar-refractivity contribution in [1.82, 2.24) is 0 Å². The lowest BCUT2D eigenvalue weighted by Gasteiger charge is -2.20. The standard InChI is InChI=1S/C17H11Cl2NO2S/c18-13-7-6-12(10-14(13)19)16-9-8-15(20(21)22)17(23-16)11-4-2-1-3-5-11/h1-10,17H/t17-/m1/s1. The molecule has 1 aliphatic rings. The van der Waals surface area contributed by atoms with E-state index in [1.165, 1.54) is 11.8 Å². The molecule has 0 saturated carbocycles. The molecule has 0 radical (unpaired) electrons. The van der Waals surface area contributed by atoms with Gasteiger partial charge in [-0.25, -0.2) is 0 Å². The number of rotatable bonds is 3. The van der Waals surface area contributed by atoms with Crippen LogP contribution in [0.2, 0.25) is 10.0 Å². The van der Waals surface area contributed by atoms with Crippen LogP contribution in [-0.2, 0) is 0 Å². The molecule has 0 aromatic heterocycles. The van der Waals surface area contributed by atoms with E-state index in [2.05, 4.69) is 0 Å². The van der Waals surface area contributed by atoms with Gasteiger partial charge in [-0.3, -0.25) is 10.1 Å². The molecule has 116 valence electrons. The molecule has 1 heterocycles. The first kappa shape index (κ1) is 16.1. The molecule has 0 saturated heterocycles. The van der Waals surface area contributed by atoms with Gasteiger partial charge in [0, 0.05) is 11.0 Å². The molecule has 0 amide bonds. The van der Waals surface area contributed by atoms with Crippen LogP contribution in [0.4, 0.5) is 0 Å². The van der Waals surface area contributed by atoms with E-state index >= 15 is 0 Å². The Morgan fingerprint density at radius 2 is 1.74 bits per heavy atom. The predicted molar refractivity (Wildman–Crippen MR) is 96.3 cm³/mol. The second kappa shape index (κ2) is 6.79. The third-order valence-corrected chi connectivity index (χ3v) is 5.55. The number of thioether (sulfide) groups is 1. The first-order valence-corrected chi connectivity index (χ1v) is 8.43. The topological polar surface area (TPSA) is 43.1 Å². The number of nitro groups is 1. The third kappa shape index (κ3) is 3.44. The van der Waals surface area contributed by atoms with Gasteiger partial charge < -0.3 is 0 Å². The van der Waals surface area contributed by atoms with Gasteiger partial charge in [0.2, 0.25) is 0 Å². The Kier molecular flexibility index (Phi) is 4.76. The van der Waals surface area contributed by atoms with Gasteiger partial charge in [0.1, 0.15) is 5.25 Å². The van der Waals surface area contributed by atoms with Crippen molar-refractivity contribution in [2.45, 2.75) is 5.25 Å². The fraction of sp³-hybridized carbons (Fsp3) is 0.0588. The second-order valence-corrected chi connectivity index (χ2v) is 6.88. The SMILES string of the molecule is O=[N+]([O-])C1=CC=C(c2ccc(Cl)c(Cl)c2)S[C@@H]1c1ccccc1. The highest BCUT2D eigenvalue weighted by molar-refractivity contribution is 8.08. The van der Waals surface area contributed by atoms with Gasteiger partial charge >= 0.3 is 0 Å².